The average Bonchev–Trinajstić information content (AvgIpc) is 2.37. The predicted octanol–water partition coefficient (Wildman–Crippen LogP) is 0.812. The van der Waals surface area contributed by atoms with Crippen molar-refractivity contribution in [1.82, 2.24) is 14.9 Å². The van der Waals surface area contributed by atoms with Crippen LogP contribution in [0, 0.1) is 6.92 Å². The lowest BCUT2D eigenvalue weighted by atomic mass is 10.2. The van der Waals surface area contributed by atoms with Gasteiger partial charge in [-0.25, -0.2) is 14.8 Å². The molecular formula is C12H16ClN3O3. The molecule has 1 aromatic heterocycles. The second-order valence-corrected chi connectivity index (χ2v) is 4.75. The quantitative estimate of drug-likeness (QED) is 0.605. The first-order valence-electron chi connectivity index (χ1n) is 6.00. The fraction of sp³-hybridized carbons (Fsp3) is 0.583. The summed E-state index contributed by atoms with van der Waals surface area (Å²) in [5.41, 5.74) is 0.827. The number of hydrogen-bond acceptors (Lipinski definition) is 6. The minimum absolute atomic E-state index is 0.354. The second kappa shape index (κ2) is 6.27. The van der Waals surface area contributed by atoms with E-state index in [4.69, 9.17) is 16.3 Å². The topological polar surface area (TPSA) is 64.5 Å². The van der Waals surface area contributed by atoms with Crippen molar-refractivity contribution in [3.8, 4) is 0 Å². The summed E-state index contributed by atoms with van der Waals surface area (Å²) in [6, 6.07) is 1.71. The summed E-state index contributed by atoms with van der Waals surface area (Å²) < 4.78 is 10.0. The molecule has 1 saturated heterocycles. The minimum Gasteiger partial charge on any atom is -0.467 e. The molecule has 19 heavy (non-hydrogen) atoms. The number of halogens is 1. The van der Waals surface area contributed by atoms with Crippen LogP contribution in [0.4, 0.5) is 0 Å². The zero-order valence-corrected chi connectivity index (χ0v) is 11.7. The number of nitrogens with zero attached hydrogens (tertiary/aromatic N) is 3. The number of carbonyl (C=O) groups excluding carboxylic acids is 1. The van der Waals surface area contributed by atoms with E-state index >= 15 is 0 Å². The van der Waals surface area contributed by atoms with Crippen LogP contribution in [0.5, 0.6) is 0 Å². The van der Waals surface area contributed by atoms with Gasteiger partial charge in [-0.05, 0) is 13.0 Å². The summed E-state index contributed by atoms with van der Waals surface area (Å²) in [4.78, 5) is 22.0. The van der Waals surface area contributed by atoms with Gasteiger partial charge in [0.2, 0.25) is 0 Å². The van der Waals surface area contributed by atoms with Gasteiger partial charge >= 0.3 is 5.97 Å². The molecule has 1 aromatic rings. The molecule has 0 aliphatic carbocycles. The van der Waals surface area contributed by atoms with Crippen molar-refractivity contribution in [2.24, 2.45) is 0 Å². The van der Waals surface area contributed by atoms with Crippen LogP contribution in [0.2, 0.25) is 5.15 Å². The van der Waals surface area contributed by atoms with E-state index in [9.17, 15) is 4.79 Å². The Morgan fingerprint density at radius 2 is 2.42 bits per heavy atom. The highest BCUT2D eigenvalue weighted by atomic mass is 35.5. The number of methoxy groups -OCH3 is 1. The van der Waals surface area contributed by atoms with Gasteiger partial charge in [0.25, 0.3) is 0 Å². The Labute approximate surface area is 116 Å². The molecule has 1 atom stereocenters. The number of rotatable bonds is 3. The number of aromatic nitrogens is 2. The fourth-order valence-corrected chi connectivity index (χ4v) is 2.24. The molecule has 1 fully saturated rings. The molecule has 1 aliphatic heterocycles. The largest absolute Gasteiger partial charge is 0.467 e. The molecule has 1 unspecified atom stereocenters. The Kier molecular flexibility index (Phi) is 4.68. The van der Waals surface area contributed by atoms with E-state index in [0.717, 1.165) is 12.2 Å². The van der Waals surface area contributed by atoms with Gasteiger partial charge in [0.15, 0.2) is 6.10 Å². The molecular weight excluding hydrogens is 270 g/mol. The maximum Gasteiger partial charge on any atom is 0.336 e. The SMILES string of the molecule is COC(=O)C1CN(Cc2nc(C)cc(Cl)n2)CCO1. The van der Waals surface area contributed by atoms with Crippen molar-refractivity contribution in [3.05, 3.63) is 22.7 Å². The van der Waals surface area contributed by atoms with Gasteiger partial charge in [-0.15, -0.1) is 0 Å². The molecule has 0 bridgehead atoms. The molecule has 0 N–H and O–H groups in total. The van der Waals surface area contributed by atoms with Crippen LogP contribution >= 0.6 is 11.6 Å². The molecule has 0 spiro atoms. The summed E-state index contributed by atoms with van der Waals surface area (Å²) in [7, 11) is 1.36. The molecule has 0 saturated carbocycles. The summed E-state index contributed by atoms with van der Waals surface area (Å²) in [6.07, 6.45) is -0.543. The van der Waals surface area contributed by atoms with Crippen LogP contribution in [-0.2, 0) is 20.8 Å². The van der Waals surface area contributed by atoms with Crippen LogP contribution in [0.25, 0.3) is 0 Å². The molecule has 104 valence electrons. The first kappa shape index (κ1) is 14.2. The number of esters is 1. The summed E-state index contributed by atoms with van der Waals surface area (Å²) >= 11 is 5.90. The molecule has 0 amide bonds. The summed E-state index contributed by atoms with van der Waals surface area (Å²) in [5.74, 6) is 0.295. The normalized spacial score (nSPS) is 20.3. The van der Waals surface area contributed by atoms with Crippen molar-refractivity contribution in [3.63, 3.8) is 0 Å². The van der Waals surface area contributed by atoms with E-state index in [0.29, 0.717) is 30.7 Å². The summed E-state index contributed by atoms with van der Waals surface area (Å²) in [6.45, 7) is 4.09. The van der Waals surface area contributed by atoms with E-state index in [2.05, 4.69) is 19.6 Å². The fourth-order valence-electron chi connectivity index (χ4n) is 1.98. The van der Waals surface area contributed by atoms with E-state index in [-0.39, 0.29) is 5.97 Å². The van der Waals surface area contributed by atoms with Gasteiger partial charge in [0.05, 0.1) is 20.3 Å². The smallest absolute Gasteiger partial charge is 0.336 e. The predicted molar refractivity (Wildman–Crippen MR) is 68.8 cm³/mol. The third kappa shape index (κ3) is 3.86. The molecule has 2 rings (SSSR count). The van der Waals surface area contributed by atoms with Crippen LogP contribution in [0.15, 0.2) is 6.07 Å². The molecule has 0 radical (unpaired) electrons. The van der Waals surface area contributed by atoms with Crippen molar-refractivity contribution in [2.75, 3.05) is 26.8 Å². The summed E-state index contributed by atoms with van der Waals surface area (Å²) in [5, 5.41) is 0.431. The average molecular weight is 286 g/mol. The van der Waals surface area contributed by atoms with Crippen molar-refractivity contribution in [2.45, 2.75) is 19.6 Å². The Morgan fingerprint density at radius 1 is 1.63 bits per heavy atom. The molecule has 1 aliphatic rings. The number of morpholine rings is 1. The monoisotopic (exact) mass is 285 g/mol. The van der Waals surface area contributed by atoms with Gasteiger partial charge in [-0.2, -0.15) is 0 Å². The van der Waals surface area contributed by atoms with Gasteiger partial charge < -0.3 is 9.47 Å². The van der Waals surface area contributed by atoms with Crippen LogP contribution in [0.3, 0.4) is 0 Å². The highest BCUT2D eigenvalue weighted by Crippen LogP contribution is 2.12. The Hall–Kier alpha value is -1.24. The van der Waals surface area contributed by atoms with Crippen LogP contribution < -0.4 is 0 Å². The van der Waals surface area contributed by atoms with Gasteiger partial charge in [-0.3, -0.25) is 4.90 Å². The van der Waals surface area contributed by atoms with Gasteiger partial charge in [-0.1, -0.05) is 11.6 Å². The highest BCUT2D eigenvalue weighted by molar-refractivity contribution is 6.29. The first-order valence-corrected chi connectivity index (χ1v) is 6.38. The Bertz CT molecular complexity index is 449. The Morgan fingerprint density at radius 3 is 3.11 bits per heavy atom. The molecule has 2 heterocycles. The van der Waals surface area contributed by atoms with E-state index in [1.807, 2.05) is 6.92 Å². The number of aryl methyl sites for hydroxylation is 1. The van der Waals surface area contributed by atoms with Gasteiger partial charge in [0, 0.05) is 18.8 Å². The van der Waals surface area contributed by atoms with E-state index in [1.54, 1.807) is 6.07 Å². The maximum absolute atomic E-state index is 11.4. The number of carbonyl (C=O) groups is 1. The third-order valence-corrected chi connectivity index (χ3v) is 3.04. The number of ether oxygens (including phenoxy) is 2. The van der Waals surface area contributed by atoms with E-state index < -0.39 is 6.10 Å². The highest BCUT2D eigenvalue weighted by Gasteiger charge is 2.27. The van der Waals surface area contributed by atoms with Crippen LogP contribution in [0.1, 0.15) is 11.5 Å². The van der Waals surface area contributed by atoms with E-state index in [1.165, 1.54) is 7.11 Å². The van der Waals surface area contributed by atoms with Gasteiger partial charge in [0.1, 0.15) is 11.0 Å². The molecule has 6 nitrogen and oxygen atoms in total. The molecule has 7 heteroatoms. The number of hydrogen-bond donors (Lipinski definition) is 0. The lowest BCUT2D eigenvalue weighted by molar-refractivity contribution is -0.160. The third-order valence-electron chi connectivity index (χ3n) is 2.85. The standard InChI is InChI=1S/C12H16ClN3O3/c1-8-5-10(13)15-11(14-8)7-16-3-4-19-9(6-16)12(17)18-2/h5,9H,3-4,6-7H2,1-2H3. The lowest BCUT2D eigenvalue weighted by Crippen LogP contribution is -2.46. The minimum atomic E-state index is -0.543. The van der Waals surface area contributed by atoms with Crippen molar-refractivity contribution in [1.29, 1.82) is 0 Å². The zero-order valence-electron chi connectivity index (χ0n) is 10.9. The van der Waals surface area contributed by atoms with Crippen LogP contribution in [-0.4, -0.2) is 53.7 Å². The molecule has 0 aromatic carbocycles. The lowest BCUT2D eigenvalue weighted by Gasteiger charge is -2.30. The zero-order chi connectivity index (χ0) is 13.8. The maximum atomic E-state index is 11.4. The Balaban J connectivity index is 2.00. The second-order valence-electron chi connectivity index (χ2n) is 4.37. The van der Waals surface area contributed by atoms with Crippen molar-refractivity contribution < 1.29 is 14.3 Å². The first-order chi connectivity index (χ1) is 9.08. The van der Waals surface area contributed by atoms with Crippen molar-refractivity contribution >= 4 is 17.6 Å².